The Balaban J connectivity index is 2.95. The van der Waals surface area contributed by atoms with E-state index >= 15 is 0 Å². The predicted molar refractivity (Wildman–Crippen MR) is 54.9 cm³/mol. The van der Waals surface area contributed by atoms with E-state index in [9.17, 15) is 9.59 Å². The van der Waals surface area contributed by atoms with Crippen molar-refractivity contribution in [3.8, 4) is 0 Å². The molecule has 1 heterocycles. The van der Waals surface area contributed by atoms with Crippen molar-refractivity contribution in [2.75, 3.05) is 0 Å². The highest BCUT2D eigenvalue weighted by Crippen LogP contribution is 1.97. The summed E-state index contributed by atoms with van der Waals surface area (Å²) in [6, 6.07) is 2.40. The third-order valence-corrected chi connectivity index (χ3v) is 1.84. The summed E-state index contributed by atoms with van der Waals surface area (Å²) in [7, 11) is 0. The fraction of sp³-hybridized carbons (Fsp3) is 0.300. The molecule has 0 aliphatic carbocycles. The number of aromatic carboxylic acids is 1. The van der Waals surface area contributed by atoms with E-state index in [-0.39, 0.29) is 11.3 Å². The fourth-order valence-corrected chi connectivity index (χ4v) is 1.02. The van der Waals surface area contributed by atoms with Crippen LogP contribution in [0, 0.1) is 0 Å². The molecule has 1 rings (SSSR count). The Morgan fingerprint density at radius 1 is 1.60 bits per heavy atom. The first-order valence-electron chi connectivity index (χ1n) is 4.46. The van der Waals surface area contributed by atoms with Crippen molar-refractivity contribution in [3.05, 3.63) is 40.3 Å². The molecule has 0 radical (unpaired) electrons. The fourth-order valence-electron chi connectivity index (χ4n) is 1.02. The quantitative estimate of drug-likeness (QED) is 0.746. The molecule has 0 aliphatic rings. The molecular formula is C10H12N2O3. The molecule has 0 aromatic carbocycles. The van der Waals surface area contributed by atoms with Crippen molar-refractivity contribution in [2.45, 2.75) is 19.9 Å². The van der Waals surface area contributed by atoms with Crippen molar-refractivity contribution in [1.29, 1.82) is 0 Å². The Bertz CT molecular complexity index is 448. The van der Waals surface area contributed by atoms with Gasteiger partial charge in [0.25, 0.3) is 5.56 Å². The second-order valence-corrected chi connectivity index (χ2v) is 3.29. The third-order valence-electron chi connectivity index (χ3n) is 1.84. The summed E-state index contributed by atoms with van der Waals surface area (Å²) in [6.07, 6.45) is 0.607. The smallest absolute Gasteiger partial charge is 0.356 e. The molecule has 0 aliphatic heterocycles. The van der Waals surface area contributed by atoms with Gasteiger partial charge in [-0.15, -0.1) is 6.58 Å². The molecular weight excluding hydrogens is 196 g/mol. The van der Waals surface area contributed by atoms with E-state index in [1.54, 1.807) is 0 Å². The van der Waals surface area contributed by atoms with Gasteiger partial charge in [-0.05, 0) is 19.4 Å². The molecule has 0 atom stereocenters. The zero-order valence-corrected chi connectivity index (χ0v) is 8.43. The van der Waals surface area contributed by atoms with Gasteiger partial charge < -0.3 is 5.11 Å². The van der Waals surface area contributed by atoms with Gasteiger partial charge in [-0.3, -0.25) is 4.79 Å². The van der Waals surface area contributed by atoms with Gasteiger partial charge >= 0.3 is 5.97 Å². The summed E-state index contributed by atoms with van der Waals surface area (Å²) in [4.78, 5) is 21.9. The van der Waals surface area contributed by atoms with E-state index in [2.05, 4.69) is 11.7 Å². The molecule has 0 bridgehead atoms. The van der Waals surface area contributed by atoms with E-state index in [1.165, 1.54) is 12.1 Å². The molecule has 5 nitrogen and oxygen atoms in total. The Morgan fingerprint density at radius 3 is 2.80 bits per heavy atom. The van der Waals surface area contributed by atoms with Gasteiger partial charge in [-0.2, -0.15) is 5.10 Å². The van der Waals surface area contributed by atoms with Crippen molar-refractivity contribution in [1.82, 2.24) is 9.78 Å². The standard InChI is InChI=1S/C10H12N2O3/c1-7(2)5-6-12-9(13)4-3-8(11-12)10(14)15/h3-4H,1,5-6H2,2H3,(H,14,15). The first kappa shape index (κ1) is 11.2. The highest BCUT2D eigenvalue weighted by molar-refractivity contribution is 5.84. The maximum atomic E-state index is 11.3. The van der Waals surface area contributed by atoms with Gasteiger partial charge in [0.1, 0.15) is 0 Å². The molecule has 0 spiro atoms. The number of carbonyl (C=O) groups is 1. The molecule has 0 fully saturated rings. The second kappa shape index (κ2) is 4.54. The lowest BCUT2D eigenvalue weighted by Gasteiger charge is -2.04. The zero-order chi connectivity index (χ0) is 11.4. The van der Waals surface area contributed by atoms with Crippen LogP contribution in [0.3, 0.4) is 0 Å². The first-order valence-corrected chi connectivity index (χ1v) is 4.46. The maximum absolute atomic E-state index is 11.3. The lowest BCUT2D eigenvalue weighted by Crippen LogP contribution is -2.24. The topological polar surface area (TPSA) is 72.2 Å². The van der Waals surface area contributed by atoms with Crippen LogP contribution < -0.4 is 5.56 Å². The van der Waals surface area contributed by atoms with Crippen molar-refractivity contribution >= 4 is 5.97 Å². The lowest BCUT2D eigenvalue weighted by molar-refractivity contribution is 0.0687. The number of aromatic nitrogens is 2. The van der Waals surface area contributed by atoms with Crippen molar-refractivity contribution < 1.29 is 9.90 Å². The monoisotopic (exact) mass is 208 g/mol. The van der Waals surface area contributed by atoms with Crippen LogP contribution in [0.5, 0.6) is 0 Å². The minimum absolute atomic E-state index is 0.128. The van der Waals surface area contributed by atoms with E-state index < -0.39 is 5.97 Å². The van der Waals surface area contributed by atoms with Gasteiger partial charge in [-0.25, -0.2) is 9.48 Å². The average Bonchev–Trinajstić information content (AvgIpc) is 2.16. The van der Waals surface area contributed by atoms with Crippen LogP contribution in [0.25, 0.3) is 0 Å². The van der Waals surface area contributed by atoms with Crippen molar-refractivity contribution in [2.24, 2.45) is 0 Å². The van der Waals surface area contributed by atoms with Crippen LogP contribution in [0.1, 0.15) is 23.8 Å². The molecule has 0 saturated carbocycles. The number of rotatable bonds is 4. The van der Waals surface area contributed by atoms with Crippen molar-refractivity contribution in [3.63, 3.8) is 0 Å². The highest BCUT2D eigenvalue weighted by Gasteiger charge is 2.06. The Hall–Kier alpha value is -1.91. The molecule has 0 amide bonds. The number of hydrogen-bond acceptors (Lipinski definition) is 3. The minimum atomic E-state index is -1.14. The minimum Gasteiger partial charge on any atom is -0.476 e. The van der Waals surface area contributed by atoms with Crippen LogP contribution in [-0.2, 0) is 6.54 Å². The predicted octanol–water partition coefficient (Wildman–Crippen LogP) is 0.908. The summed E-state index contributed by atoms with van der Waals surface area (Å²) >= 11 is 0. The molecule has 0 saturated heterocycles. The number of allylic oxidation sites excluding steroid dienone is 1. The van der Waals surface area contributed by atoms with Gasteiger partial charge in [0.15, 0.2) is 5.69 Å². The van der Waals surface area contributed by atoms with Gasteiger partial charge in [0, 0.05) is 12.6 Å². The van der Waals surface area contributed by atoms with Crippen LogP contribution in [0.15, 0.2) is 29.1 Å². The zero-order valence-electron chi connectivity index (χ0n) is 8.43. The third kappa shape index (κ3) is 3.05. The van der Waals surface area contributed by atoms with Gasteiger partial charge in [0.05, 0.1) is 0 Å². The maximum Gasteiger partial charge on any atom is 0.356 e. The largest absolute Gasteiger partial charge is 0.476 e. The molecule has 0 unspecified atom stereocenters. The molecule has 1 aromatic rings. The number of aryl methyl sites for hydroxylation is 1. The van der Waals surface area contributed by atoms with Gasteiger partial charge in [0.2, 0.25) is 0 Å². The van der Waals surface area contributed by atoms with Crippen LogP contribution in [0.4, 0.5) is 0 Å². The second-order valence-electron chi connectivity index (χ2n) is 3.29. The van der Waals surface area contributed by atoms with E-state index in [4.69, 9.17) is 5.11 Å². The van der Waals surface area contributed by atoms with Crippen LogP contribution >= 0.6 is 0 Å². The number of carboxylic acid groups (broad SMARTS) is 1. The summed E-state index contributed by atoms with van der Waals surface area (Å²) in [5.41, 5.74) is 0.488. The van der Waals surface area contributed by atoms with Crippen LogP contribution in [0.2, 0.25) is 0 Å². The summed E-state index contributed by atoms with van der Waals surface area (Å²) in [5, 5.41) is 12.4. The highest BCUT2D eigenvalue weighted by atomic mass is 16.4. The molecule has 1 N–H and O–H groups in total. The molecule has 15 heavy (non-hydrogen) atoms. The normalized spacial score (nSPS) is 9.93. The van der Waals surface area contributed by atoms with Gasteiger partial charge in [-0.1, -0.05) is 5.57 Å². The molecule has 80 valence electrons. The number of hydrogen-bond donors (Lipinski definition) is 1. The Labute approximate surface area is 86.7 Å². The molecule has 5 heteroatoms. The SMILES string of the molecule is C=C(C)CCn1nc(C(=O)O)ccc1=O. The Morgan fingerprint density at radius 2 is 2.27 bits per heavy atom. The number of carboxylic acids is 1. The summed E-state index contributed by atoms with van der Waals surface area (Å²) in [5.74, 6) is -1.14. The first-order chi connectivity index (χ1) is 7.00. The lowest BCUT2D eigenvalue weighted by atomic mass is 10.2. The van der Waals surface area contributed by atoms with E-state index in [0.717, 1.165) is 10.3 Å². The molecule has 1 aromatic heterocycles. The van der Waals surface area contributed by atoms with E-state index in [0.29, 0.717) is 13.0 Å². The summed E-state index contributed by atoms with van der Waals surface area (Å²) < 4.78 is 1.14. The van der Waals surface area contributed by atoms with E-state index in [1.807, 2.05) is 6.92 Å². The number of nitrogens with zero attached hydrogens (tertiary/aromatic N) is 2. The van der Waals surface area contributed by atoms with Crippen LogP contribution in [-0.4, -0.2) is 20.9 Å². The summed E-state index contributed by atoms with van der Waals surface area (Å²) in [6.45, 7) is 5.89. The average molecular weight is 208 g/mol. The Kier molecular flexibility index (Phi) is 3.38.